The summed E-state index contributed by atoms with van der Waals surface area (Å²) in [6.45, 7) is 3.78. The summed E-state index contributed by atoms with van der Waals surface area (Å²) in [5, 5.41) is 1.92. The Labute approximate surface area is 93.5 Å². The van der Waals surface area contributed by atoms with Crippen LogP contribution in [0.5, 0.6) is 0 Å². The van der Waals surface area contributed by atoms with Gasteiger partial charge >= 0.3 is 5.97 Å². The number of rotatable bonds is 4. The van der Waals surface area contributed by atoms with E-state index in [0.29, 0.717) is 0 Å². The molecule has 15 heavy (non-hydrogen) atoms. The van der Waals surface area contributed by atoms with Crippen LogP contribution in [0.3, 0.4) is 0 Å². The zero-order chi connectivity index (χ0) is 11.5. The van der Waals surface area contributed by atoms with Crippen molar-refractivity contribution in [3.8, 4) is 0 Å². The van der Waals surface area contributed by atoms with E-state index in [9.17, 15) is 4.79 Å². The highest BCUT2D eigenvalue weighted by Gasteiger charge is 2.30. The molecule has 0 bridgehead atoms. The minimum atomic E-state index is -0.484. The number of nitrogens with zero attached hydrogens (tertiary/aromatic N) is 1. The van der Waals surface area contributed by atoms with E-state index in [1.807, 2.05) is 19.2 Å². The Kier molecular flexibility index (Phi) is 3.82. The normalized spacial score (nSPS) is 13.6. The Morgan fingerprint density at radius 1 is 1.73 bits per heavy atom. The Hall–Kier alpha value is -0.940. The first-order valence-corrected chi connectivity index (χ1v) is 5.63. The van der Waals surface area contributed by atoms with Crippen LogP contribution in [0.2, 0.25) is 0 Å². The maximum atomic E-state index is 11.3. The molecule has 0 fully saturated rings. The molecule has 1 aromatic heterocycles. The van der Waals surface area contributed by atoms with Crippen molar-refractivity contribution in [1.29, 1.82) is 0 Å². The third kappa shape index (κ3) is 3.28. The molecule has 0 aliphatic heterocycles. The van der Waals surface area contributed by atoms with Crippen molar-refractivity contribution >= 4 is 17.3 Å². The van der Waals surface area contributed by atoms with Gasteiger partial charge in [-0.3, -0.25) is 4.79 Å². The lowest BCUT2D eigenvalue weighted by Gasteiger charge is -2.28. The van der Waals surface area contributed by atoms with Gasteiger partial charge in [-0.1, -0.05) is 0 Å². The minimum Gasteiger partial charge on any atom is -0.469 e. The van der Waals surface area contributed by atoms with Crippen LogP contribution in [0.1, 0.15) is 31.9 Å². The smallest absolute Gasteiger partial charge is 0.306 e. The number of carbonyl (C=O) groups excluding carboxylic acids is 1. The molecule has 4 nitrogen and oxygen atoms in total. The fraction of sp³-hybridized carbons (Fsp3) is 0.600. The van der Waals surface area contributed by atoms with E-state index in [1.165, 1.54) is 18.4 Å². The number of thiazole rings is 1. The quantitative estimate of drug-likeness (QED) is 0.794. The van der Waals surface area contributed by atoms with E-state index in [2.05, 4.69) is 9.72 Å². The highest BCUT2D eigenvalue weighted by Crippen LogP contribution is 2.29. The van der Waals surface area contributed by atoms with E-state index < -0.39 is 5.54 Å². The van der Waals surface area contributed by atoms with Gasteiger partial charge in [0.2, 0.25) is 0 Å². The van der Waals surface area contributed by atoms with Gasteiger partial charge < -0.3 is 10.5 Å². The van der Waals surface area contributed by atoms with Crippen LogP contribution < -0.4 is 5.73 Å². The molecule has 0 saturated carbocycles. The summed E-state index contributed by atoms with van der Waals surface area (Å²) in [5.74, 6) is -0.359. The van der Waals surface area contributed by atoms with Crippen LogP contribution in [-0.2, 0) is 9.53 Å². The molecule has 0 aliphatic carbocycles. The number of hydrogen-bond donors (Lipinski definition) is 1. The van der Waals surface area contributed by atoms with Gasteiger partial charge in [0, 0.05) is 16.8 Å². The fourth-order valence-corrected chi connectivity index (χ4v) is 2.00. The average molecular weight is 228 g/mol. The van der Waals surface area contributed by atoms with Gasteiger partial charge in [-0.25, -0.2) is 4.98 Å². The number of ether oxygens (including phenoxy) is 1. The Balaban J connectivity index is 2.85. The monoisotopic (exact) mass is 228 g/mol. The minimum absolute atomic E-state index is 0.101. The second kappa shape index (κ2) is 4.72. The van der Waals surface area contributed by atoms with Gasteiger partial charge in [-0.15, -0.1) is 11.3 Å². The summed E-state index contributed by atoms with van der Waals surface area (Å²) in [7, 11) is 1.38. The number of aromatic nitrogens is 1. The van der Waals surface area contributed by atoms with Crippen molar-refractivity contribution in [3.05, 3.63) is 16.6 Å². The molecule has 1 aromatic rings. The Morgan fingerprint density at radius 3 is 2.80 bits per heavy atom. The molecule has 2 N–H and O–H groups in total. The van der Waals surface area contributed by atoms with Crippen LogP contribution in [0.15, 0.2) is 10.9 Å². The molecule has 0 amide bonds. The number of methoxy groups -OCH3 is 1. The molecule has 1 heterocycles. The second-order valence-electron chi connectivity index (χ2n) is 4.07. The van der Waals surface area contributed by atoms with E-state index in [-0.39, 0.29) is 18.3 Å². The van der Waals surface area contributed by atoms with Gasteiger partial charge in [-0.05, 0) is 13.8 Å². The molecule has 0 radical (unpaired) electrons. The number of esters is 1. The van der Waals surface area contributed by atoms with Gasteiger partial charge in [0.1, 0.15) is 0 Å². The summed E-state index contributed by atoms with van der Waals surface area (Å²) in [6.07, 6.45) is 0.268. The predicted octanol–water partition coefficient (Wildman–Crippen LogP) is 1.53. The van der Waals surface area contributed by atoms with Crippen molar-refractivity contribution in [3.63, 3.8) is 0 Å². The zero-order valence-electron chi connectivity index (χ0n) is 9.19. The molecule has 0 saturated heterocycles. The summed E-state index contributed by atoms with van der Waals surface area (Å²) < 4.78 is 4.66. The predicted molar refractivity (Wildman–Crippen MR) is 59.8 cm³/mol. The Bertz CT molecular complexity index is 317. The van der Waals surface area contributed by atoms with E-state index >= 15 is 0 Å². The van der Waals surface area contributed by atoms with Crippen molar-refractivity contribution in [1.82, 2.24) is 4.98 Å². The first-order valence-electron chi connectivity index (χ1n) is 4.69. The van der Waals surface area contributed by atoms with Gasteiger partial charge in [-0.2, -0.15) is 0 Å². The van der Waals surface area contributed by atoms with Gasteiger partial charge in [0.05, 0.1) is 24.7 Å². The summed E-state index contributed by atoms with van der Waals surface area (Å²) >= 11 is 1.50. The highest BCUT2D eigenvalue weighted by atomic mass is 32.1. The third-order valence-corrected chi connectivity index (χ3v) is 2.91. The summed E-state index contributed by atoms with van der Waals surface area (Å²) in [4.78, 5) is 15.5. The molecule has 0 aromatic carbocycles. The number of carbonyl (C=O) groups is 1. The van der Waals surface area contributed by atoms with Crippen LogP contribution in [0.4, 0.5) is 0 Å². The summed E-state index contributed by atoms with van der Waals surface area (Å²) in [5.41, 5.74) is 8.15. The van der Waals surface area contributed by atoms with Crippen LogP contribution in [-0.4, -0.2) is 23.6 Å². The highest BCUT2D eigenvalue weighted by molar-refractivity contribution is 7.07. The number of hydrogen-bond acceptors (Lipinski definition) is 5. The molecule has 0 spiro atoms. The average Bonchev–Trinajstić information content (AvgIpc) is 2.64. The SMILES string of the molecule is COC(=O)CC(c1cscn1)C(C)(C)N. The Morgan fingerprint density at radius 2 is 2.40 bits per heavy atom. The molecule has 1 atom stereocenters. The lowest BCUT2D eigenvalue weighted by atomic mass is 9.84. The molecule has 0 aliphatic rings. The molecule has 5 heteroatoms. The lowest BCUT2D eigenvalue weighted by molar-refractivity contribution is -0.141. The first-order chi connectivity index (χ1) is 6.95. The molecule has 1 rings (SSSR count). The number of nitrogens with two attached hydrogens (primary N) is 1. The van der Waals surface area contributed by atoms with Crippen LogP contribution in [0, 0.1) is 0 Å². The molecule has 84 valence electrons. The van der Waals surface area contributed by atoms with Crippen molar-refractivity contribution in [2.45, 2.75) is 31.7 Å². The zero-order valence-corrected chi connectivity index (χ0v) is 10.0. The van der Waals surface area contributed by atoms with Crippen molar-refractivity contribution in [2.75, 3.05) is 7.11 Å². The van der Waals surface area contributed by atoms with Crippen molar-refractivity contribution < 1.29 is 9.53 Å². The summed E-state index contributed by atoms with van der Waals surface area (Å²) in [6, 6.07) is 0. The lowest BCUT2D eigenvalue weighted by Crippen LogP contribution is -2.40. The first kappa shape index (κ1) is 12.1. The van der Waals surface area contributed by atoms with Crippen LogP contribution >= 0.6 is 11.3 Å². The van der Waals surface area contributed by atoms with Crippen LogP contribution in [0.25, 0.3) is 0 Å². The van der Waals surface area contributed by atoms with Crippen molar-refractivity contribution in [2.24, 2.45) is 5.73 Å². The topological polar surface area (TPSA) is 65.2 Å². The van der Waals surface area contributed by atoms with Gasteiger partial charge in [0.15, 0.2) is 0 Å². The standard InChI is InChI=1S/C10H16N2O2S/c1-10(2,11)7(4-9(13)14-3)8-5-15-6-12-8/h5-7H,4,11H2,1-3H3. The fourth-order valence-electron chi connectivity index (χ4n) is 1.39. The second-order valence-corrected chi connectivity index (χ2v) is 4.79. The van der Waals surface area contributed by atoms with E-state index in [4.69, 9.17) is 5.73 Å². The molecular formula is C10H16N2O2S. The van der Waals surface area contributed by atoms with Gasteiger partial charge in [0.25, 0.3) is 0 Å². The maximum Gasteiger partial charge on any atom is 0.306 e. The maximum absolute atomic E-state index is 11.3. The van der Waals surface area contributed by atoms with E-state index in [1.54, 1.807) is 5.51 Å². The molecular weight excluding hydrogens is 212 g/mol. The largest absolute Gasteiger partial charge is 0.469 e. The third-order valence-electron chi connectivity index (χ3n) is 2.31. The molecule has 1 unspecified atom stereocenters. The van der Waals surface area contributed by atoms with E-state index in [0.717, 1.165) is 5.69 Å².